The highest BCUT2D eigenvalue weighted by atomic mass is 32.1. The largest absolute Gasteiger partial charge is 0.372 e. The average Bonchev–Trinajstić information content (AvgIpc) is 3.13. The Morgan fingerprint density at radius 1 is 1.08 bits per heavy atom. The number of ketones is 1. The first-order chi connectivity index (χ1) is 11.7. The predicted octanol–water partition coefficient (Wildman–Crippen LogP) is 2.82. The molecule has 2 N–H and O–H groups in total. The van der Waals surface area contributed by atoms with E-state index < -0.39 is 0 Å². The molecule has 6 heteroatoms. The summed E-state index contributed by atoms with van der Waals surface area (Å²) in [4.78, 5) is 13.5. The Morgan fingerprint density at radius 2 is 1.75 bits per heavy atom. The van der Waals surface area contributed by atoms with Crippen molar-refractivity contribution in [3.63, 3.8) is 0 Å². The standard InChI is InChI=1S/C18H15N4OS/c19-17-20-22-11-15(13-7-3-1-4-8-13)21(18(22)24-17)12-16(23)14-9-5-2-6-10-14/h1-11H,12H2,(H2,19,20)/q+1. The number of carbonyl (C=O) groups is 1. The molecule has 0 saturated carbocycles. The molecule has 0 amide bonds. The van der Waals surface area contributed by atoms with Crippen LogP contribution in [0.3, 0.4) is 0 Å². The van der Waals surface area contributed by atoms with Crippen LogP contribution in [0.1, 0.15) is 10.4 Å². The van der Waals surface area contributed by atoms with Gasteiger partial charge in [-0.1, -0.05) is 65.2 Å². The molecule has 0 saturated heterocycles. The third kappa shape index (κ3) is 2.57. The number of anilines is 1. The fraction of sp³-hybridized carbons (Fsp3) is 0.0556. The molecule has 0 aliphatic rings. The van der Waals surface area contributed by atoms with Crippen LogP contribution < -0.4 is 10.3 Å². The zero-order valence-electron chi connectivity index (χ0n) is 12.8. The Kier molecular flexibility index (Phi) is 3.59. The Labute approximate surface area is 142 Å². The van der Waals surface area contributed by atoms with Gasteiger partial charge in [-0.3, -0.25) is 4.79 Å². The van der Waals surface area contributed by atoms with E-state index in [-0.39, 0.29) is 12.3 Å². The minimum atomic E-state index is 0.0536. The van der Waals surface area contributed by atoms with Crippen LogP contribution in [0.4, 0.5) is 5.13 Å². The van der Waals surface area contributed by atoms with E-state index >= 15 is 0 Å². The molecule has 2 aromatic carbocycles. The number of hydrogen-bond donors (Lipinski definition) is 1. The SMILES string of the molecule is Nc1nn2cc(-c3ccccc3)[n+](CC(=O)c3ccccc3)c2s1. The van der Waals surface area contributed by atoms with Crippen LogP contribution in [0.5, 0.6) is 0 Å². The van der Waals surface area contributed by atoms with E-state index in [9.17, 15) is 4.79 Å². The van der Waals surface area contributed by atoms with Crippen LogP contribution >= 0.6 is 11.3 Å². The van der Waals surface area contributed by atoms with Gasteiger partial charge in [-0.25, -0.2) is 4.57 Å². The summed E-state index contributed by atoms with van der Waals surface area (Å²) < 4.78 is 3.71. The van der Waals surface area contributed by atoms with Crippen LogP contribution in [0, 0.1) is 0 Å². The van der Waals surface area contributed by atoms with Crippen LogP contribution in [0.25, 0.3) is 16.2 Å². The van der Waals surface area contributed by atoms with E-state index in [2.05, 4.69) is 5.10 Å². The van der Waals surface area contributed by atoms with E-state index in [4.69, 9.17) is 5.73 Å². The minimum absolute atomic E-state index is 0.0536. The molecule has 0 atom stereocenters. The lowest BCUT2D eigenvalue weighted by molar-refractivity contribution is -0.643. The van der Waals surface area contributed by atoms with Gasteiger partial charge in [-0.05, 0) is 16.4 Å². The topological polar surface area (TPSA) is 64.3 Å². The number of hydrogen-bond acceptors (Lipinski definition) is 4. The first kappa shape index (κ1) is 14.6. The second kappa shape index (κ2) is 5.90. The van der Waals surface area contributed by atoms with E-state index in [1.807, 2.05) is 71.4 Å². The minimum Gasteiger partial charge on any atom is -0.372 e. The summed E-state index contributed by atoms with van der Waals surface area (Å²) in [7, 11) is 0. The van der Waals surface area contributed by atoms with Crippen molar-refractivity contribution in [2.24, 2.45) is 0 Å². The maximum absolute atomic E-state index is 12.7. The Morgan fingerprint density at radius 3 is 2.46 bits per heavy atom. The van der Waals surface area contributed by atoms with Gasteiger partial charge in [0.25, 0.3) is 0 Å². The van der Waals surface area contributed by atoms with Gasteiger partial charge in [0, 0.05) is 11.1 Å². The lowest BCUT2D eigenvalue weighted by Crippen LogP contribution is -2.38. The van der Waals surface area contributed by atoms with Gasteiger partial charge in [0.2, 0.25) is 10.9 Å². The molecule has 4 rings (SSSR count). The van der Waals surface area contributed by atoms with Crippen molar-refractivity contribution in [2.75, 3.05) is 5.73 Å². The van der Waals surface area contributed by atoms with Gasteiger partial charge in [-0.2, -0.15) is 0 Å². The third-order valence-electron chi connectivity index (χ3n) is 3.83. The summed E-state index contributed by atoms with van der Waals surface area (Å²) in [5.74, 6) is 0.0536. The molecule has 0 fully saturated rings. The average molecular weight is 335 g/mol. The normalized spacial score (nSPS) is 11.0. The van der Waals surface area contributed by atoms with Crippen molar-refractivity contribution in [3.05, 3.63) is 72.4 Å². The first-order valence-corrected chi connectivity index (χ1v) is 8.35. The second-order valence-electron chi connectivity index (χ2n) is 5.42. The lowest BCUT2D eigenvalue weighted by Gasteiger charge is -2.02. The molecular weight excluding hydrogens is 320 g/mol. The van der Waals surface area contributed by atoms with Crippen molar-refractivity contribution in [2.45, 2.75) is 6.54 Å². The fourth-order valence-corrected chi connectivity index (χ4v) is 3.49. The van der Waals surface area contributed by atoms with E-state index in [1.165, 1.54) is 11.3 Å². The van der Waals surface area contributed by atoms with Crippen LogP contribution in [0.15, 0.2) is 66.9 Å². The third-order valence-corrected chi connectivity index (χ3v) is 4.71. The maximum Gasteiger partial charge on any atom is 0.370 e. The highest BCUT2D eigenvalue weighted by Gasteiger charge is 2.25. The van der Waals surface area contributed by atoms with E-state index in [0.29, 0.717) is 10.7 Å². The van der Waals surface area contributed by atoms with Crippen molar-refractivity contribution in [1.29, 1.82) is 0 Å². The molecule has 2 heterocycles. The van der Waals surface area contributed by atoms with Gasteiger partial charge in [-0.15, -0.1) is 0 Å². The summed E-state index contributed by atoms with van der Waals surface area (Å²) in [6.07, 6.45) is 1.91. The van der Waals surface area contributed by atoms with Crippen molar-refractivity contribution in [3.8, 4) is 11.3 Å². The summed E-state index contributed by atoms with van der Waals surface area (Å²) in [6, 6.07) is 19.3. The van der Waals surface area contributed by atoms with Crippen LogP contribution in [-0.2, 0) is 6.54 Å². The molecule has 0 unspecified atom stereocenters. The van der Waals surface area contributed by atoms with Crippen molar-refractivity contribution < 1.29 is 9.36 Å². The number of rotatable bonds is 4. The second-order valence-corrected chi connectivity index (χ2v) is 6.41. The number of aromatic nitrogens is 3. The highest BCUT2D eigenvalue weighted by Crippen LogP contribution is 2.21. The number of imidazole rings is 1. The smallest absolute Gasteiger partial charge is 0.370 e. The van der Waals surface area contributed by atoms with Crippen LogP contribution in [-0.4, -0.2) is 15.4 Å². The molecule has 0 bridgehead atoms. The maximum atomic E-state index is 12.7. The molecular formula is C18H15N4OS+. The number of fused-ring (bicyclic) bond motifs is 1. The summed E-state index contributed by atoms with van der Waals surface area (Å²) in [5, 5.41) is 4.76. The van der Waals surface area contributed by atoms with Crippen LogP contribution in [0.2, 0.25) is 0 Å². The van der Waals surface area contributed by atoms with Gasteiger partial charge in [0.1, 0.15) is 0 Å². The molecule has 0 radical (unpaired) electrons. The quantitative estimate of drug-likeness (QED) is 0.461. The number of carbonyl (C=O) groups excluding carboxylic acids is 1. The van der Waals surface area contributed by atoms with Gasteiger partial charge in [0.05, 0.1) is 0 Å². The number of Topliss-reactive ketones (excluding diaryl/α,β-unsaturated/α-hetero) is 1. The zero-order chi connectivity index (χ0) is 16.5. The van der Waals surface area contributed by atoms with Gasteiger partial charge >= 0.3 is 4.96 Å². The first-order valence-electron chi connectivity index (χ1n) is 7.53. The molecule has 2 aromatic heterocycles. The number of nitrogens with two attached hydrogens (primary N) is 1. The summed E-state index contributed by atoms with van der Waals surface area (Å²) >= 11 is 1.37. The van der Waals surface area contributed by atoms with Crippen molar-refractivity contribution >= 4 is 27.2 Å². The monoisotopic (exact) mass is 335 g/mol. The molecule has 4 aromatic rings. The highest BCUT2D eigenvalue weighted by molar-refractivity contribution is 7.19. The molecule has 118 valence electrons. The molecule has 0 aliphatic heterocycles. The summed E-state index contributed by atoms with van der Waals surface area (Å²) in [6.45, 7) is 0.242. The van der Waals surface area contributed by atoms with Gasteiger partial charge in [0.15, 0.2) is 18.4 Å². The summed E-state index contributed by atoms with van der Waals surface area (Å²) in [5.41, 5.74) is 8.50. The molecule has 24 heavy (non-hydrogen) atoms. The predicted molar refractivity (Wildman–Crippen MR) is 93.9 cm³/mol. The lowest BCUT2D eigenvalue weighted by atomic mass is 10.1. The molecule has 0 spiro atoms. The van der Waals surface area contributed by atoms with E-state index in [0.717, 1.165) is 16.2 Å². The van der Waals surface area contributed by atoms with Gasteiger partial charge < -0.3 is 5.73 Å². The number of nitrogens with zero attached hydrogens (tertiary/aromatic N) is 3. The Bertz CT molecular complexity index is 1010. The fourth-order valence-electron chi connectivity index (χ4n) is 2.71. The number of benzene rings is 2. The zero-order valence-corrected chi connectivity index (χ0v) is 13.6. The Balaban J connectivity index is 1.82. The Hall–Kier alpha value is -2.99. The number of nitrogen functional groups attached to an aromatic ring is 1. The molecule has 0 aliphatic carbocycles. The molecule has 5 nitrogen and oxygen atoms in total. The van der Waals surface area contributed by atoms with Crippen molar-refractivity contribution in [1.82, 2.24) is 9.61 Å². The van der Waals surface area contributed by atoms with E-state index in [1.54, 1.807) is 4.52 Å².